The Morgan fingerprint density at radius 1 is 1.47 bits per heavy atom. The molecule has 3 heterocycles. The van der Waals surface area contributed by atoms with Gasteiger partial charge < -0.3 is 5.32 Å². The molecule has 3 rings (SSSR count). The van der Waals surface area contributed by atoms with Crippen molar-refractivity contribution < 1.29 is 0 Å². The van der Waals surface area contributed by atoms with E-state index in [0.717, 1.165) is 17.9 Å². The van der Waals surface area contributed by atoms with E-state index in [4.69, 9.17) is 11.6 Å². The first kappa shape index (κ1) is 10.3. The number of amidine groups is 1. The van der Waals surface area contributed by atoms with E-state index in [9.17, 15) is 0 Å². The summed E-state index contributed by atoms with van der Waals surface area (Å²) in [5.74, 6) is 1.47. The molecule has 0 spiro atoms. The number of rotatable bonds is 1. The fourth-order valence-electron chi connectivity index (χ4n) is 1.73. The third kappa shape index (κ3) is 1.89. The highest BCUT2D eigenvalue weighted by Crippen LogP contribution is 2.17. The van der Waals surface area contributed by atoms with Crippen molar-refractivity contribution in [3.05, 3.63) is 35.3 Å². The number of aliphatic imine (C=N–C) groups is 1. The highest BCUT2D eigenvalue weighted by atomic mass is 35.5. The third-order valence-corrected chi connectivity index (χ3v) is 2.65. The second-order valence-corrected chi connectivity index (χ2v) is 4.22. The maximum absolute atomic E-state index is 5.86. The second kappa shape index (κ2) is 3.85. The van der Waals surface area contributed by atoms with Crippen molar-refractivity contribution in [3.8, 4) is 0 Å². The molecule has 1 aliphatic rings. The number of fused-ring (bicyclic) bond motifs is 1. The van der Waals surface area contributed by atoms with E-state index in [-0.39, 0.29) is 5.28 Å². The van der Waals surface area contributed by atoms with Crippen LogP contribution in [-0.4, -0.2) is 27.0 Å². The Morgan fingerprint density at radius 3 is 3.12 bits per heavy atom. The van der Waals surface area contributed by atoms with Crippen molar-refractivity contribution in [2.75, 3.05) is 11.9 Å². The molecule has 0 fully saturated rings. The molecule has 5 nitrogen and oxygen atoms in total. The first-order valence-electron chi connectivity index (χ1n) is 5.22. The van der Waals surface area contributed by atoms with Crippen LogP contribution in [0.25, 0.3) is 5.52 Å². The topological polar surface area (TPSA) is 54.6 Å². The summed E-state index contributed by atoms with van der Waals surface area (Å²) in [6.45, 7) is 2.77. The summed E-state index contributed by atoms with van der Waals surface area (Å²) in [5.41, 5.74) is 2.09. The fourth-order valence-corrected chi connectivity index (χ4v) is 1.90. The molecule has 2 aromatic rings. The van der Waals surface area contributed by atoms with E-state index in [1.165, 1.54) is 5.57 Å². The van der Waals surface area contributed by atoms with Crippen molar-refractivity contribution in [2.45, 2.75) is 6.92 Å². The zero-order valence-electron chi connectivity index (χ0n) is 9.18. The van der Waals surface area contributed by atoms with Gasteiger partial charge in [-0.1, -0.05) is 0 Å². The molecule has 0 aliphatic carbocycles. The lowest BCUT2D eigenvalue weighted by Crippen LogP contribution is -2.10. The molecule has 0 atom stereocenters. The van der Waals surface area contributed by atoms with E-state index in [0.29, 0.717) is 5.82 Å². The minimum Gasteiger partial charge on any atom is -0.323 e. The predicted molar refractivity (Wildman–Crippen MR) is 67.7 cm³/mol. The van der Waals surface area contributed by atoms with Gasteiger partial charge in [0.15, 0.2) is 5.82 Å². The summed E-state index contributed by atoms with van der Waals surface area (Å²) in [5, 5.41) is 7.42. The largest absolute Gasteiger partial charge is 0.323 e. The van der Waals surface area contributed by atoms with Gasteiger partial charge in [-0.2, -0.15) is 4.98 Å². The molecule has 0 bridgehead atoms. The van der Waals surface area contributed by atoms with Gasteiger partial charge >= 0.3 is 0 Å². The zero-order chi connectivity index (χ0) is 11.8. The molecule has 0 saturated heterocycles. The Hall–Kier alpha value is -1.88. The van der Waals surface area contributed by atoms with Crippen molar-refractivity contribution >= 4 is 28.8 Å². The monoisotopic (exact) mass is 247 g/mol. The summed E-state index contributed by atoms with van der Waals surface area (Å²) < 4.78 is 1.68. The van der Waals surface area contributed by atoms with Gasteiger partial charge in [0.25, 0.3) is 0 Å². The van der Waals surface area contributed by atoms with Crippen molar-refractivity contribution in [1.29, 1.82) is 0 Å². The van der Waals surface area contributed by atoms with E-state index >= 15 is 0 Å². The Kier molecular flexibility index (Phi) is 2.33. The lowest BCUT2D eigenvalue weighted by molar-refractivity contribution is 0.908. The molecule has 2 aromatic heterocycles. The zero-order valence-corrected chi connectivity index (χ0v) is 9.94. The van der Waals surface area contributed by atoms with Crippen LogP contribution in [0.5, 0.6) is 0 Å². The van der Waals surface area contributed by atoms with Gasteiger partial charge in [-0.3, -0.25) is 4.99 Å². The highest BCUT2D eigenvalue weighted by molar-refractivity contribution is 6.28. The smallest absolute Gasteiger partial charge is 0.243 e. The third-order valence-electron chi connectivity index (χ3n) is 2.49. The van der Waals surface area contributed by atoms with Gasteiger partial charge in [0.1, 0.15) is 11.4 Å². The van der Waals surface area contributed by atoms with E-state index in [1.807, 2.05) is 31.3 Å². The molecule has 0 amide bonds. The minimum atomic E-state index is 0.204. The van der Waals surface area contributed by atoms with Crippen LogP contribution < -0.4 is 5.32 Å². The van der Waals surface area contributed by atoms with Gasteiger partial charge in [-0.25, -0.2) is 4.52 Å². The van der Waals surface area contributed by atoms with Crippen LogP contribution in [0, 0.1) is 0 Å². The van der Waals surface area contributed by atoms with E-state index in [2.05, 4.69) is 20.4 Å². The number of hydrogen-bond acceptors (Lipinski definition) is 4. The molecule has 0 radical (unpaired) electrons. The number of halogens is 1. The Bertz CT molecular complexity index is 640. The maximum atomic E-state index is 5.86. The number of aromatic nitrogens is 3. The first-order valence-corrected chi connectivity index (χ1v) is 5.60. The van der Waals surface area contributed by atoms with E-state index < -0.39 is 0 Å². The van der Waals surface area contributed by atoms with Crippen LogP contribution in [0.2, 0.25) is 5.28 Å². The van der Waals surface area contributed by atoms with Gasteiger partial charge in [-0.15, -0.1) is 5.10 Å². The minimum absolute atomic E-state index is 0.204. The SMILES string of the molecule is CC1=CC(Nc2nc(Cl)nn3cccc23)=NC1. The van der Waals surface area contributed by atoms with Gasteiger partial charge in [0.2, 0.25) is 5.28 Å². The lowest BCUT2D eigenvalue weighted by atomic mass is 10.3. The van der Waals surface area contributed by atoms with Crippen molar-refractivity contribution in [2.24, 2.45) is 4.99 Å². The molecule has 1 N–H and O–H groups in total. The van der Waals surface area contributed by atoms with Crippen LogP contribution in [0.4, 0.5) is 5.82 Å². The van der Waals surface area contributed by atoms with Crippen molar-refractivity contribution in [3.63, 3.8) is 0 Å². The summed E-state index contributed by atoms with van der Waals surface area (Å²) in [6.07, 6.45) is 3.82. The number of nitrogens with one attached hydrogen (secondary N) is 1. The fraction of sp³-hybridized carbons (Fsp3) is 0.182. The standard InChI is InChI=1S/C11H10ClN5/c1-7-5-9(13-6-7)14-10-8-3-2-4-17(8)16-11(12)15-10/h2-5H,6H2,1H3,(H,13,14,15,16). The Balaban J connectivity index is 2.02. The molecule has 0 unspecified atom stereocenters. The lowest BCUT2D eigenvalue weighted by Gasteiger charge is -2.05. The van der Waals surface area contributed by atoms with Crippen LogP contribution in [0.15, 0.2) is 35.0 Å². The number of hydrogen-bond donors (Lipinski definition) is 1. The van der Waals surface area contributed by atoms with Crippen LogP contribution in [0.3, 0.4) is 0 Å². The quantitative estimate of drug-likeness (QED) is 0.840. The average molecular weight is 248 g/mol. The van der Waals surface area contributed by atoms with Crippen LogP contribution >= 0.6 is 11.6 Å². The first-order chi connectivity index (χ1) is 8.22. The van der Waals surface area contributed by atoms with Crippen LogP contribution in [0.1, 0.15) is 6.92 Å². The molecule has 0 saturated carbocycles. The highest BCUT2D eigenvalue weighted by Gasteiger charge is 2.10. The maximum Gasteiger partial charge on any atom is 0.243 e. The van der Waals surface area contributed by atoms with Gasteiger partial charge in [0.05, 0.1) is 6.54 Å². The predicted octanol–water partition coefficient (Wildman–Crippen LogP) is 2.15. The Labute approximate surface area is 103 Å². The molecule has 1 aliphatic heterocycles. The normalized spacial score (nSPS) is 14.9. The van der Waals surface area contributed by atoms with E-state index in [1.54, 1.807) is 4.52 Å². The molecule has 86 valence electrons. The number of anilines is 1. The molecular weight excluding hydrogens is 238 g/mol. The molecular formula is C11H10ClN5. The number of nitrogens with zero attached hydrogens (tertiary/aromatic N) is 4. The summed E-state index contributed by atoms with van der Waals surface area (Å²) >= 11 is 5.86. The molecule has 17 heavy (non-hydrogen) atoms. The summed E-state index contributed by atoms with van der Waals surface area (Å²) in [6, 6.07) is 3.81. The summed E-state index contributed by atoms with van der Waals surface area (Å²) in [4.78, 5) is 8.51. The summed E-state index contributed by atoms with van der Waals surface area (Å²) in [7, 11) is 0. The second-order valence-electron chi connectivity index (χ2n) is 3.88. The molecule has 0 aromatic carbocycles. The molecule has 6 heteroatoms. The Morgan fingerprint density at radius 2 is 2.35 bits per heavy atom. The van der Waals surface area contributed by atoms with Crippen LogP contribution in [-0.2, 0) is 0 Å². The van der Waals surface area contributed by atoms with Crippen molar-refractivity contribution in [1.82, 2.24) is 14.6 Å². The average Bonchev–Trinajstić information content (AvgIpc) is 2.87. The van der Waals surface area contributed by atoms with Gasteiger partial charge in [0, 0.05) is 6.20 Å². The van der Waals surface area contributed by atoms with Gasteiger partial charge in [-0.05, 0) is 42.3 Å².